The highest BCUT2D eigenvalue weighted by atomic mass is 19.1. The molecule has 0 aromatic heterocycles. The molecule has 1 aromatic rings. The van der Waals surface area contributed by atoms with Gasteiger partial charge in [0.2, 0.25) is 0 Å². The normalized spacial score (nSPS) is 9.50. The average molecular weight is 168 g/mol. The first-order valence-corrected chi connectivity index (χ1v) is 3.41. The Kier molecular flexibility index (Phi) is 2.28. The summed E-state index contributed by atoms with van der Waals surface area (Å²) >= 11 is 0. The highest BCUT2D eigenvalue weighted by molar-refractivity contribution is 5.94. The fourth-order valence-electron chi connectivity index (χ4n) is 0.888. The number of carbonyl (C=O) groups excluding carboxylic acids is 1. The fourth-order valence-corrected chi connectivity index (χ4v) is 0.888. The quantitative estimate of drug-likeness (QED) is 0.608. The summed E-state index contributed by atoms with van der Waals surface area (Å²) in [7, 11) is 1.48. The maximum absolute atomic E-state index is 12.7. The molecule has 12 heavy (non-hydrogen) atoms. The zero-order valence-corrected chi connectivity index (χ0v) is 6.60. The molecular weight excluding hydrogens is 159 g/mol. The third kappa shape index (κ3) is 1.72. The van der Waals surface area contributed by atoms with Crippen LogP contribution >= 0.6 is 0 Å². The van der Waals surface area contributed by atoms with Crippen molar-refractivity contribution in [3.63, 3.8) is 0 Å². The number of rotatable bonds is 1. The second-order valence-corrected chi connectivity index (χ2v) is 2.35. The first-order chi connectivity index (χ1) is 5.63. The summed E-state index contributed by atoms with van der Waals surface area (Å²) in [5.41, 5.74) is 5.81. The van der Waals surface area contributed by atoms with E-state index in [0.717, 1.165) is 12.1 Å². The summed E-state index contributed by atoms with van der Waals surface area (Å²) < 4.78 is 12.7. The lowest BCUT2D eigenvalue weighted by Crippen LogP contribution is -2.18. The Morgan fingerprint density at radius 3 is 2.67 bits per heavy atom. The Labute approximate surface area is 69.4 Å². The number of nitrogens with one attached hydrogen (secondary N) is 1. The molecule has 0 spiro atoms. The van der Waals surface area contributed by atoms with Gasteiger partial charge < -0.3 is 11.1 Å². The van der Waals surface area contributed by atoms with E-state index in [4.69, 9.17) is 5.73 Å². The van der Waals surface area contributed by atoms with Crippen molar-refractivity contribution in [1.82, 2.24) is 5.32 Å². The van der Waals surface area contributed by atoms with Gasteiger partial charge in [0, 0.05) is 18.3 Å². The van der Waals surface area contributed by atoms with E-state index < -0.39 is 5.82 Å². The van der Waals surface area contributed by atoms with Crippen molar-refractivity contribution in [2.75, 3.05) is 12.8 Å². The zero-order chi connectivity index (χ0) is 9.14. The zero-order valence-electron chi connectivity index (χ0n) is 6.60. The summed E-state index contributed by atoms with van der Waals surface area (Å²) in [6.07, 6.45) is 0. The molecule has 0 heterocycles. The van der Waals surface area contributed by atoms with Crippen molar-refractivity contribution in [3.05, 3.63) is 29.6 Å². The van der Waals surface area contributed by atoms with E-state index in [1.54, 1.807) is 0 Å². The van der Waals surface area contributed by atoms with E-state index in [-0.39, 0.29) is 17.2 Å². The number of hydrogen-bond donors (Lipinski definition) is 2. The lowest BCUT2D eigenvalue weighted by Gasteiger charge is -2.00. The van der Waals surface area contributed by atoms with E-state index in [1.807, 2.05) is 0 Å². The Balaban J connectivity index is 3.08. The van der Waals surface area contributed by atoms with Gasteiger partial charge in [-0.15, -0.1) is 0 Å². The van der Waals surface area contributed by atoms with Crippen molar-refractivity contribution < 1.29 is 9.18 Å². The van der Waals surface area contributed by atoms with Gasteiger partial charge in [0.25, 0.3) is 5.91 Å². The van der Waals surface area contributed by atoms with Crippen LogP contribution < -0.4 is 11.1 Å². The van der Waals surface area contributed by atoms with Crippen LogP contribution in [0.1, 0.15) is 10.4 Å². The number of carbonyl (C=O) groups is 1. The summed E-state index contributed by atoms with van der Waals surface area (Å²) in [5.74, 6) is -0.852. The Hall–Kier alpha value is -1.58. The highest BCUT2D eigenvalue weighted by Crippen LogP contribution is 2.10. The van der Waals surface area contributed by atoms with Gasteiger partial charge in [-0.3, -0.25) is 4.79 Å². The third-order valence-electron chi connectivity index (χ3n) is 1.41. The van der Waals surface area contributed by atoms with Gasteiger partial charge in [-0.2, -0.15) is 0 Å². The summed E-state index contributed by atoms with van der Waals surface area (Å²) in [5, 5.41) is 2.37. The molecule has 0 unspecified atom stereocenters. The number of hydrogen-bond acceptors (Lipinski definition) is 2. The van der Waals surface area contributed by atoms with Gasteiger partial charge in [0.15, 0.2) is 0 Å². The second-order valence-electron chi connectivity index (χ2n) is 2.35. The second kappa shape index (κ2) is 3.21. The minimum atomic E-state index is -0.506. The minimum Gasteiger partial charge on any atom is -0.399 e. The van der Waals surface area contributed by atoms with Crippen LogP contribution in [0.4, 0.5) is 10.1 Å². The lowest BCUT2D eigenvalue weighted by atomic mass is 10.2. The number of anilines is 1. The van der Waals surface area contributed by atoms with Crippen molar-refractivity contribution in [2.24, 2.45) is 0 Å². The number of amides is 1. The first-order valence-electron chi connectivity index (χ1n) is 3.41. The molecule has 0 atom stereocenters. The summed E-state index contributed by atoms with van der Waals surface area (Å²) in [6.45, 7) is 0. The lowest BCUT2D eigenvalue weighted by molar-refractivity contribution is 0.0962. The highest BCUT2D eigenvalue weighted by Gasteiger charge is 2.04. The van der Waals surface area contributed by atoms with Gasteiger partial charge in [-0.05, 0) is 18.2 Å². The predicted molar refractivity (Wildman–Crippen MR) is 44.2 cm³/mol. The van der Waals surface area contributed by atoms with Gasteiger partial charge >= 0.3 is 0 Å². The summed E-state index contributed by atoms with van der Waals surface area (Å²) in [4.78, 5) is 11.0. The fraction of sp³-hybridized carbons (Fsp3) is 0.125. The topological polar surface area (TPSA) is 55.1 Å². The van der Waals surface area contributed by atoms with E-state index >= 15 is 0 Å². The maximum Gasteiger partial charge on any atom is 0.251 e. The maximum atomic E-state index is 12.7. The van der Waals surface area contributed by atoms with Gasteiger partial charge in [0.05, 0.1) is 0 Å². The Bertz CT molecular complexity index is 292. The molecule has 0 aliphatic rings. The van der Waals surface area contributed by atoms with E-state index in [2.05, 4.69) is 5.32 Å². The molecule has 0 saturated heterocycles. The Morgan fingerprint density at radius 1 is 1.50 bits per heavy atom. The third-order valence-corrected chi connectivity index (χ3v) is 1.41. The average Bonchev–Trinajstić information content (AvgIpc) is 2.01. The van der Waals surface area contributed by atoms with Gasteiger partial charge in [-0.25, -0.2) is 4.39 Å². The van der Waals surface area contributed by atoms with Crippen molar-refractivity contribution in [1.29, 1.82) is 0 Å². The van der Waals surface area contributed by atoms with Crippen molar-refractivity contribution in [3.8, 4) is 0 Å². The van der Waals surface area contributed by atoms with Crippen LogP contribution in [0.25, 0.3) is 0 Å². The molecule has 0 bridgehead atoms. The molecule has 1 aromatic carbocycles. The van der Waals surface area contributed by atoms with Crippen LogP contribution in [-0.4, -0.2) is 13.0 Å². The van der Waals surface area contributed by atoms with Crippen LogP contribution in [0.5, 0.6) is 0 Å². The monoisotopic (exact) mass is 168 g/mol. The molecule has 0 saturated carbocycles. The van der Waals surface area contributed by atoms with Gasteiger partial charge in [-0.1, -0.05) is 0 Å². The standard InChI is InChI=1S/C8H9FN2O/c1-11-8(12)5-2-6(9)4-7(10)3-5/h2-4H,10H2,1H3,(H,11,12). The molecule has 0 fully saturated rings. The largest absolute Gasteiger partial charge is 0.399 e. The molecule has 4 heteroatoms. The van der Waals surface area contributed by atoms with Crippen molar-refractivity contribution in [2.45, 2.75) is 0 Å². The van der Waals surface area contributed by atoms with Gasteiger partial charge in [0.1, 0.15) is 5.82 Å². The number of halogens is 1. The molecule has 0 aliphatic carbocycles. The SMILES string of the molecule is CNC(=O)c1cc(N)cc(F)c1. The molecule has 1 rings (SSSR count). The van der Waals surface area contributed by atoms with E-state index in [0.29, 0.717) is 0 Å². The van der Waals surface area contributed by atoms with Crippen LogP contribution in [0, 0.1) is 5.82 Å². The molecule has 0 aliphatic heterocycles. The van der Waals surface area contributed by atoms with Crippen LogP contribution in [-0.2, 0) is 0 Å². The predicted octanol–water partition coefficient (Wildman–Crippen LogP) is 0.768. The number of nitrogens with two attached hydrogens (primary N) is 1. The number of benzene rings is 1. The number of nitrogen functional groups attached to an aromatic ring is 1. The molecule has 1 amide bonds. The molecule has 3 nitrogen and oxygen atoms in total. The van der Waals surface area contributed by atoms with E-state index in [1.165, 1.54) is 13.1 Å². The molecule has 0 radical (unpaired) electrons. The summed E-state index contributed by atoms with van der Waals surface area (Å²) in [6, 6.07) is 3.71. The van der Waals surface area contributed by atoms with Crippen LogP contribution in [0.3, 0.4) is 0 Å². The Morgan fingerprint density at radius 2 is 2.17 bits per heavy atom. The van der Waals surface area contributed by atoms with Crippen molar-refractivity contribution >= 4 is 11.6 Å². The van der Waals surface area contributed by atoms with Crippen LogP contribution in [0.2, 0.25) is 0 Å². The molecule has 64 valence electrons. The smallest absolute Gasteiger partial charge is 0.251 e. The molecular formula is C8H9FN2O. The molecule has 3 N–H and O–H groups in total. The minimum absolute atomic E-state index is 0.231. The van der Waals surface area contributed by atoms with Crippen LogP contribution in [0.15, 0.2) is 18.2 Å². The van der Waals surface area contributed by atoms with E-state index in [9.17, 15) is 9.18 Å². The first kappa shape index (κ1) is 8.52.